The van der Waals surface area contributed by atoms with Crippen molar-refractivity contribution < 1.29 is 12.8 Å². The SMILES string of the molecule is CCc1ccc(N(C)S(=O)(=O)c2ccc(N)c(F)c2)cc1. The third-order valence-corrected chi connectivity index (χ3v) is 5.12. The lowest BCUT2D eigenvalue weighted by molar-refractivity contribution is 0.590. The van der Waals surface area contributed by atoms with Gasteiger partial charge in [-0.2, -0.15) is 0 Å². The predicted molar refractivity (Wildman–Crippen MR) is 82.2 cm³/mol. The topological polar surface area (TPSA) is 63.4 Å². The van der Waals surface area contributed by atoms with E-state index in [4.69, 9.17) is 5.73 Å². The molecule has 4 nitrogen and oxygen atoms in total. The number of aryl methyl sites for hydroxylation is 1. The van der Waals surface area contributed by atoms with Crippen molar-refractivity contribution in [3.05, 3.63) is 53.8 Å². The fourth-order valence-electron chi connectivity index (χ4n) is 1.91. The fraction of sp³-hybridized carbons (Fsp3) is 0.200. The summed E-state index contributed by atoms with van der Waals surface area (Å²) in [5.41, 5.74) is 6.92. The van der Waals surface area contributed by atoms with Crippen molar-refractivity contribution in [2.75, 3.05) is 17.1 Å². The van der Waals surface area contributed by atoms with Gasteiger partial charge >= 0.3 is 0 Å². The van der Waals surface area contributed by atoms with E-state index < -0.39 is 15.8 Å². The zero-order valence-corrected chi connectivity index (χ0v) is 12.7. The molecule has 0 saturated carbocycles. The number of nitrogens with zero attached hydrogens (tertiary/aromatic N) is 1. The zero-order chi connectivity index (χ0) is 15.6. The Morgan fingerprint density at radius 1 is 1.14 bits per heavy atom. The molecule has 0 spiro atoms. The van der Waals surface area contributed by atoms with E-state index in [1.54, 1.807) is 12.1 Å². The van der Waals surface area contributed by atoms with E-state index in [1.165, 1.54) is 19.2 Å². The van der Waals surface area contributed by atoms with Crippen LogP contribution in [0.5, 0.6) is 0 Å². The molecule has 2 aromatic rings. The number of nitrogen functional groups attached to an aromatic ring is 1. The average molecular weight is 308 g/mol. The number of nitrogens with two attached hydrogens (primary N) is 1. The monoisotopic (exact) mass is 308 g/mol. The summed E-state index contributed by atoms with van der Waals surface area (Å²) in [6.45, 7) is 2.02. The van der Waals surface area contributed by atoms with Gasteiger partial charge in [-0.05, 0) is 42.3 Å². The van der Waals surface area contributed by atoms with Crippen LogP contribution < -0.4 is 10.0 Å². The van der Waals surface area contributed by atoms with Crippen molar-refractivity contribution in [2.45, 2.75) is 18.2 Å². The summed E-state index contributed by atoms with van der Waals surface area (Å²) in [5, 5.41) is 0. The van der Waals surface area contributed by atoms with Crippen LogP contribution >= 0.6 is 0 Å². The van der Waals surface area contributed by atoms with Crippen LogP contribution in [0, 0.1) is 5.82 Å². The Bertz CT molecular complexity index is 743. The van der Waals surface area contributed by atoms with Crippen molar-refractivity contribution in [3.8, 4) is 0 Å². The Morgan fingerprint density at radius 2 is 1.76 bits per heavy atom. The molecule has 2 aromatic carbocycles. The molecule has 2 rings (SSSR count). The minimum absolute atomic E-state index is 0.0797. The van der Waals surface area contributed by atoms with Gasteiger partial charge < -0.3 is 5.73 Å². The molecule has 2 N–H and O–H groups in total. The molecule has 0 radical (unpaired) electrons. The second-order valence-corrected chi connectivity index (χ2v) is 6.65. The van der Waals surface area contributed by atoms with Gasteiger partial charge in [0.25, 0.3) is 10.0 Å². The lowest BCUT2D eigenvalue weighted by Gasteiger charge is -2.20. The maximum Gasteiger partial charge on any atom is 0.264 e. The van der Waals surface area contributed by atoms with Crippen LogP contribution in [0.25, 0.3) is 0 Å². The molecule has 0 aromatic heterocycles. The van der Waals surface area contributed by atoms with Gasteiger partial charge in [0.1, 0.15) is 5.82 Å². The molecule has 0 heterocycles. The lowest BCUT2D eigenvalue weighted by atomic mass is 10.1. The summed E-state index contributed by atoms with van der Waals surface area (Å²) in [6, 6.07) is 10.7. The van der Waals surface area contributed by atoms with Crippen molar-refractivity contribution in [2.24, 2.45) is 0 Å². The second-order valence-electron chi connectivity index (χ2n) is 4.68. The van der Waals surface area contributed by atoms with Crippen LogP contribution in [0.2, 0.25) is 0 Å². The number of sulfonamides is 1. The van der Waals surface area contributed by atoms with Crippen LogP contribution in [0.15, 0.2) is 47.4 Å². The normalized spacial score (nSPS) is 11.4. The largest absolute Gasteiger partial charge is 0.396 e. The summed E-state index contributed by atoms with van der Waals surface area (Å²) in [7, 11) is -2.38. The van der Waals surface area contributed by atoms with Gasteiger partial charge in [-0.25, -0.2) is 12.8 Å². The first-order valence-electron chi connectivity index (χ1n) is 6.49. The molecule has 0 bridgehead atoms. The van der Waals surface area contributed by atoms with E-state index in [-0.39, 0.29) is 10.6 Å². The molecule has 0 aliphatic carbocycles. The van der Waals surface area contributed by atoms with Gasteiger partial charge in [0.2, 0.25) is 0 Å². The van der Waals surface area contributed by atoms with E-state index in [9.17, 15) is 12.8 Å². The maximum atomic E-state index is 13.5. The molecular weight excluding hydrogens is 291 g/mol. The van der Waals surface area contributed by atoms with Gasteiger partial charge in [0.15, 0.2) is 0 Å². The van der Waals surface area contributed by atoms with Crippen molar-refractivity contribution in [1.82, 2.24) is 0 Å². The molecule has 0 fully saturated rings. The summed E-state index contributed by atoms with van der Waals surface area (Å²) in [4.78, 5) is -0.128. The van der Waals surface area contributed by atoms with E-state index in [0.717, 1.165) is 22.4 Å². The van der Waals surface area contributed by atoms with Gasteiger partial charge in [0.05, 0.1) is 16.3 Å². The first kappa shape index (κ1) is 15.3. The number of hydrogen-bond donors (Lipinski definition) is 1. The highest BCUT2D eigenvalue weighted by molar-refractivity contribution is 7.92. The molecule has 0 atom stereocenters. The summed E-state index contributed by atoms with van der Waals surface area (Å²) in [6.07, 6.45) is 0.875. The van der Waals surface area contributed by atoms with Crippen molar-refractivity contribution in [1.29, 1.82) is 0 Å². The van der Waals surface area contributed by atoms with Crippen LogP contribution in [0.1, 0.15) is 12.5 Å². The predicted octanol–water partition coefficient (Wildman–Crippen LogP) is 2.80. The zero-order valence-electron chi connectivity index (χ0n) is 11.9. The van der Waals surface area contributed by atoms with Gasteiger partial charge in [-0.15, -0.1) is 0 Å². The molecule has 21 heavy (non-hydrogen) atoms. The van der Waals surface area contributed by atoms with Crippen LogP contribution in [-0.2, 0) is 16.4 Å². The van der Waals surface area contributed by atoms with Crippen LogP contribution in [0.4, 0.5) is 15.8 Å². The maximum absolute atomic E-state index is 13.5. The van der Waals surface area contributed by atoms with Crippen molar-refractivity contribution in [3.63, 3.8) is 0 Å². The van der Waals surface area contributed by atoms with Gasteiger partial charge in [-0.3, -0.25) is 4.31 Å². The van der Waals surface area contributed by atoms with Crippen LogP contribution in [-0.4, -0.2) is 15.5 Å². The number of anilines is 2. The molecule has 6 heteroatoms. The average Bonchev–Trinajstić information content (AvgIpc) is 2.49. The number of rotatable bonds is 4. The first-order valence-corrected chi connectivity index (χ1v) is 7.93. The number of benzene rings is 2. The lowest BCUT2D eigenvalue weighted by Crippen LogP contribution is -2.26. The smallest absolute Gasteiger partial charge is 0.264 e. The molecule has 0 unspecified atom stereocenters. The molecular formula is C15H17FN2O2S. The Morgan fingerprint density at radius 3 is 2.29 bits per heavy atom. The highest BCUT2D eigenvalue weighted by Crippen LogP contribution is 2.24. The molecule has 0 aliphatic heterocycles. The van der Waals surface area contributed by atoms with Crippen LogP contribution in [0.3, 0.4) is 0 Å². The van der Waals surface area contributed by atoms with Gasteiger partial charge in [0, 0.05) is 7.05 Å². The highest BCUT2D eigenvalue weighted by atomic mass is 32.2. The number of hydrogen-bond acceptors (Lipinski definition) is 3. The van der Waals surface area contributed by atoms with E-state index in [2.05, 4.69) is 0 Å². The highest BCUT2D eigenvalue weighted by Gasteiger charge is 2.22. The standard InChI is InChI=1S/C15H17FN2O2S/c1-3-11-4-6-12(7-5-11)18(2)21(19,20)13-8-9-15(17)14(16)10-13/h4-10H,3,17H2,1-2H3. The summed E-state index contributed by atoms with van der Waals surface area (Å²) < 4.78 is 39.5. The van der Waals surface area contributed by atoms with Crippen molar-refractivity contribution >= 4 is 21.4 Å². The van der Waals surface area contributed by atoms with Gasteiger partial charge in [-0.1, -0.05) is 19.1 Å². The quantitative estimate of drug-likeness (QED) is 0.883. The minimum atomic E-state index is -3.81. The summed E-state index contributed by atoms with van der Waals surface area (Å²) in [5.74, 6) is -0.745. The molecule has 0 aliphatic rings. The Balaban J connectivity index is 2.39. The first-order chi connectivity index (χ1) is 9.86. The molecule has 0 saturated heterocycles. The Kier molecular flexibility index (Phi) is 4.18. The third kappa shape index (κ3) is 3.00. The minimum Gasteiger partial charge on any atom is -0.396 e. The van der Waals surface area contributed by atoms with E-state index in [0.29, 0.717) is 5.69 Å². The number of halogens is 1. The fourth-order valence-corrected chi connectivity index (χ4v) is 3.11. The molecule has 0 amide bonds. The Hall–Kier alpha value is -2.08. The van der Waals surface area contributed by atoms with E-state index in [1.807, 2.05) is 19.1 Å². The Labute approximate surface area is 124 Å². The molecule has 112 valence electrons. The van der Waals surface area contributed by atoms with E-state index >= 15 is 0 Å². The summed E-state index contributed by atoms with van der Waals surface area (Å²) >= 11 is 0. The third-order valence-electron chi connectivity index (χ3n) is 3.34. The second kappa shape index (κ2) is 5.73.